The zero-order chi connectivity index (χ0) is 29.7. The van der Waals surface area contributed by atoms with E-state index in [1.807, 2.05) is 60.7 Å². The van der Waals surface area contributed by atoms with Crippen molar-refractivity contribution in [2.75, 3.05) is 0 Å². The Kier molecular flexibility index (Phi) is 5.78. The lowest BCUT2D eigenvalue weighted by Crippen LogP contribution is -2.00. The molecule has 0 fully saturated rings. The Morgan fingerprint density at radius 1 is 0.356 bits per heavy atom. The SMILES string of the molecule is c1ccc(-c2nc(-c3ccccc3)nc(-c3cccc(-c4cccc5c4oc4c5ccc5ccc6ccccc6c54)c3)n2)cc1. The van der Waals surface area contributed by atoms with Crippen LogP contribution < -0.4 is 0 Å². The molecule has 210 valence electrons. The summed E-state index contributed by atoms with van der Waals surface area (Å²) in [5.74, 6) is 1.91. The van der Waals surface area contributed by atoms with Gasteiger partial charge in [-0.1, -0.05) is 140 Å². The summed E-state index contributed by atoms with van der Waals surface area (Å²) >= 11 is 0. The number of hydrogen-bond donors (Lipinski definition) is 0. The number of benzene rings is 7. The van der Waals surface area contributed by atoms with E-state index in [1.54, 1.807) is 0 Å². The van der Waals surface area contributed by atoms with Gasteiger partial charge in [0.15, 0.2) is 17.5 Å². The Hall–Kier alpha value is -6.13. The maximum absolute atomic E-state index is 6.82. The van der Waals surface area contributed by atoms with Crippen molar-refractivity contribution in [3.63, 3.8) is 0 Å². The molecule has 0 aliphatic carbocycles. The molecule has 0 bridgehead atoms. The molecule has 45 heavy (non-hydrogen) atoms. The standard InChI is InChI=1S/C41H25N3O/c1-3-12-28(13-4-1)39-42-40(29-14-5-2-6-15-29)44-41(43-39)31-17-9-16-30(25-31)33-19-10-20-34-35-24-23-27-22-21-26-11-7-8-18-32(26)36(27)38(35)45-37(33)34/h1-25H. The summed E-state index contributed by atoms with van der Waals surface area (Å²) in [7, 11) is 0. The van der Waals surface area contributed by atoms with E-state index < -0.39 is 0 Å². The van der Waals surface area contributed by atoms with Gasteiger partial charge in [-0.05, 0) is 33.9 Å². The third kappa shape index (κ3) is 4.27. The molecular weight excluding hydrogens is 550 g/mol. The molecule has 2 aromatic heterocycles. The minimum Gasteiger partial charge on any atom is -0.455 e. The predicted molar refractivity (Wildman–Crippen MR) is 184 cm³/mol. The van der Waals surface area contributed by atoms with Gasteiger partial charge in [0, 0.05) is 38.4 Å². The molecule has 0 aliphatic heterocycles. The van der Waals surface area contributed by atoms with Crippen LogP contribution in [0.15, 0.2) is 156 Å². The molecule has 0 amide bonds. The third-order valence-electron chi connectivity index (χ3n) is 8.50. The van der Waals surface area contributed by atoms with E-state index in [0.29, 0.717) is 17.5 Å². The molecule has 0 unspecified atom stereocenters. The van der Waals surface area contributed by atoms with Gasteiger partial charge >= 0.3 is 0 Å². The van der Waals surface area contributed by atoms with Crippen LogP contribution in [0, 0.1) is 0 Å². The molecular formula is C41H25N3O. The van der Waals surface area contributed by atoms with E-state index in [9.17, 15) is 0 Å². The fraction of sp³-hybridized carbons (Fsp3) is 0. The summed E-state index contributed by atoms with van der Waals surface area (Å²) in [6.07, 6.45) is 0. The van der Waals surface area contributed by atoms with Crippen molar-refractivity contribution >= 4 is 43.5 Å². The highest BCUT2D eigenvalue weighted by Crippen LogP contribution is 2.41. The molecule has 7 aromatic carbocycles. The van der Waals surface area contributed by atoms with Crippen LogP contribution in [-0.4, -0.2) is 15.0 Å². The molecule has 0 atom stereocenters. The second kappa shape index (κ2) is 10.2. The van der Waals surface area contributed by atoms with Gasteiger partial charge < -0.3 is 4.42 Å². The highest BCUT2D eigenvalue weighted by molar-refractivity contribution is 6.23. The van der Waals surface area contributed by atoms with Crippen molar-refractivity contribution in [1.29, 1.82) is 0 Å². The third-order valence-corrected chi connectivity index (χ3v) is 8.50. The zero-order valence-electron chi connectivity index (χ0n) is 24.2. The smallest absolute Gasteiger partial charge is 0.164 e. The van der Waals surface area contributed by atoms with Crippen molar-refractivity contribution in [3.05, 3.63) is 152 Å². The van der Waals surface area contributed by atoms with E-state index >= 15 is 0 Å². The Morgan fingerprint density at radius 3 is 1.64 bits per heavy atom. The highest BCUT2D eigenvalue weighted by atomic mass is 16.3. The summed E-state index contributed by atoms with van der Waals surface area (Å²) in [5.41, 5.74) is 6.65. The maximum Gasteiger partial charge on any atom is 0.164 e. The maximum atomic E-state index is 6.82. The predicted octanol–water partition coefficient (Wildman–Crippen LogP) is 10.7. The number of nitrogens with zero attached hydrogens (tertiary/aromatic N) is 3. The highest BCUT2D eigenvalue weighted by Gasteiger charge is 2.17. The van der Waals surface area contributed by atoms with Gasteiger partial charge in [0.2, 0.25) is 0 Å². The Bertz CT molecular complexity index is 2480. The first kappa shape index (κ1) is 25.4. The van der Waals surface area contributed by atoms with Gasteiger partial charge in [-0.2, -0.15) is 0 Å². The van der Waals surface area contributed by atoms with Crippen molar-refractivity contribution < 1.29 is 4.42 Å². The van der Waals surface area contributed by atoms with Crippen molar-refractivity contribution in [1.82, 2.24) is 15.0 Å². The molecule has 0 radical (unpaired) electrons. The van der Waals surface area contributed by atoms with Gasteiger partial charge in [0.05, 0.1) is 0 Å². The lowest BCUT2D eigenvalue weighted by Gasteiger charge is -2.10. The molecule has 4 heteroatoms. The number of aromatic nitrogens is 3. The number of fused-ring (bicyclic) bond motifs is 7. The number of hydrogen-bond acceptors (Lipinski definition) is 4. The average molecular weight is 576 g/mol. The summed E-state index contributed by atoms with van der Waals surface area (Å²) < 4.78 is 6.82. The minimum atomic E-state index is 0.624. The van der Waals surface area contributed by atoms with Crippen LogP contribution in [-0.2, 0) is 0 Å². The van der Waals surface area contributed by atoms with Crippen molar-refractivity contribution in [3.8, 4) is 45.3 Å². The number of rotatable bonds is 4. The fourth-order valence-corrected chi connectivity index (χ4v) is 6.33. The first-order valence-electron chi connectivity index (χ1n) is 15.0. The van der Waals surface area contributed by atoms with Crippen LogP contribution in [0.2, 0.25) is 0 Å². The minimum absolute atomic E-state index is 0.624. The summed E-state index contributed by atoms with van der Waals surface area (Å²) in [6.45, 7) is 0. The van der Waals surface area contributed by atoms with E-state index in [1.165, 1.54) is 16.2 Å². The van der Waals surface area contributed by atoms with E-state index in [0.717, 1.165) is 55.1 Å². The van der Waals surface area contributed by atoms with Crippen LogP contribution in [0.4, 0.5) is 0 Å². The molecule has 0 N–H and O–H groups in total. The van der Waals surface area contributed by atoms with E-state index in [-0.39, 0.29) is 0 Å². The van der Waals surface area contributed by atoms with Gasteiger partial charge in [0.1, 0.15) is 11.2 Å². The number of para-hydroxylation sites is 1. The normalized spacial score (nSPS) is 11.6. The molecule has 2 heterocycles. The topological polar surface area (TPSA) is 51.8 Å². The number of furan rings is 1. The lowest BCUT2D eigenvalue weighted by atomic mass is 9.98. The van der Waals surface area contributed by atoms with Crippen LogP contribution in [0.3, 0.4) is 0 Å². The van der Waals surface area contributed by atoms with Crippen molar-refractivity contribution in [2.45, 2.75) is 0 Å². The first-order chi connectivity index (χ1) is 22.3. The molecule has 4 nitrogen and oxygen atoms in total. The molecule has 0 saturated carbocycles. The molecule has 9 aromatic rings. The van der Waals surface area contributed by atoms with E-state index in [4.69, 9.17) is 19.4 Å². The Labute approximate surface area is 259 Å². The monoisotopic (exact) mass is 575 g/mol. The zero-order valence-corrected chi connectivity index (χ0v) is 24.2. The van der Waals surface area contributed by atoms with Crippen LogP contribution in [0.1, 0.15) is 0 Å². The lowest BCUT2D eigenvalue weighted by molar-refractivity contribution is 0.674. The summed E-state index contributed by atoms with van der Waals surface area (Å²) in [6, 6.07) is 52.1. The largest absolute Gasteiger partial charge is 0.455 e. The molecule has 0 aliphatic rings. The Balaban J connectivity index is 1.23. The summed E-state index contributed by atoms with van der Waals surface area (Å²) in [5, 5.41) is 6.93. The first-order valence-corrected chi connectivity index (χ1v) is 15.0. The molecule has 0 saturated heterocycles. The summed E-state index contributed by atoms with van der Waals surface area (Å²) in [4.78, 5) is 14.8. The van der Waals surface area contributed by atoms with Gasteiger partial charge in [-0.25, -0.2) is 15.0 Å². The van der Waals surface area contributed by atoms with Crippen LogP contribution >= 0.6 is 0 Å². The molecule has 0 spiro atoms. The average Bonchev–Trinajstić information content (AvgIpc) is 3.51. The van der Waals surface area contributed by atoms with Gasteiger partial charge in [-0.15, -0.1) is 0 Å². The van der Waals surface area contributed by atoms with Crippen LogP contribution in [0.5, 0.6) is 0 Å². The van der Waals surface area contributed by atoms with E-state index in [2.05, 4.69) is 91.0 Å². The van der Waals surface area contributed by atoms with Gasteiger partial charge in [0.25, 0.3) is 0 Å². The second-order valence-electron chi connectivity index (χ2n) is 11.2. The quantitative estimate of drug-likeness (QED) is 0.196. The molecule has 9 rings (SSSR count). The van der Waals surface area contributed by atoms with Gasteiger partial charge in [-0.3, -0.25) is 0 Å². The fourth-order valence-electron chi connectivity index (χ4n) is 6.33. The van der Waals surface area contributed by atoms with Crippen molar-refractivity contribution in [2.24, 2.45) is 0 Å². The van der Waals surface area contributed by atoms with Crippen LogP contribution in [0.25, 0.3) is 88.8 Å². The second-order valence-corrected chi connectivity index (χ2v) is 11.2. The Morgan fingerprint density at radius 2 is 0.889 bits per heavy atom.